The van der Waals surface area contributed by atoms with E-state index >= 15 is 0 Å². The summed E-state index contributed by atoms with van der Waals surface area (Å²) in [6, 6.07) is 0.588. The molecule has 2 aromatic rings. The Morgan fingerprint density at radius 3 is 3.05 bits per heavy atom. The lowest BCUT2D eigenvalue weighted by molar-refractivity contribution is 0.599. The Kier molecular flexibility index (Phi) is 3.50. The van der Waals surface area contributed by atoms with Gasteiger partial charge in [-0.15, -0.1) is 11.3 Å². The van der Waals surface area contributed by atoms with Crippen molar-refractivity contribution in [2.45, 2.75) is 39.3 Å². The number of hydrogen-bond acceptors (Lipinski definition) is 4. The summed E-state index contributed by atoms with van der Waals surface area (Å²) in [6.07, 6.45) is 4.87. The number of nitrogens with zero attached hydrogens (tertiary/aromatic N) is 3. The average molecular weight is 278 g/mol. The number of imidazole rings is 1. The minimum Gasteiger partial charge on any atom is -0.355 e. The lowest BCUT2D eigenvalue weighted by Crippen LogP contribution is -2.32. The maximum atomic E-state index is 4.82. The fourth-order valence-electron chi connectivity index (χ4n) is 2.60. The van der Waals surface area contributed by atoms with Gasteiger partial charge in [0, 0.05) is 31.2 Å². The first kappa shape index (κ1) is 12.9. The maximum Gasteiger partial charge on any atom is 0.195 e. The van der Waals surface area contributed by atoms with Gasteiger partial charge in [-0.25, -0.2) is 4.98 Å². The minimum absolute atomic E-state index is 0.588. The Bertz CT molecular complexity index is 555. The number of thiazole rings is 1. The maximum absolute atomic E-state index is 4.82. The Morgan fingerprint density at radius 1 is 1.58 bits per heavy atom. The van der Waals surface area contributed by atoms with E-state index in [4.69, 9.17) is 4.98 Å². The van der Waals surface area contributed by atoms with Crippen molar-refractivity contribution in [3.05, 3.63) is 17.3 Å². The number of hydrogen-bond donors (Lipinski definition) is 1. The molecule has 1 N–H and O–H groups in total. The standard InChI is InChI=1S/C14H22N4S/c1-4-15-9-12-13(16-14-18(12)7-8-19-14)17(3)10(2)11-5-6-11/h7-8,10-11,15H,4-6,9H2,1-3H3. The van der Waals surface area contributed by atoms with Crippen LogP contribution in [0.1, 0.15) is 32.4 Å². The van der Waals surface area contributed by atoms with Crippen LogP contribution >= 0.6 is 11.3 Å². The van der Waals surface area contributed by atoms with Crippen LogP contribution in [0.2, 0.25) is 0 Å². The van der Waals surface area contributed by atoms with Gasteiger partial charge in [0.25, 0.3) is 0 Å². The first-order chi connectivity index (χ1) is 9.22. The molecule has 0 bridgehead atoms. The number of anilines is 1. The molecule has 0 aromatic carbocycles. The van der Waals surface area contributed by atoms with Crippen molar-refractivity contribution in [2.24, 2.45) is 5.92 Å². The number of aromatic nitrogens is 2. The van der Waals surface area contributed by atoms with E-state index in [0.29, 0.717) is 6.04 Å². The van der Waals surface area contributed by atoms with Gasteiger partial charge in [0.1, 0.15) is 0 Å². The molecule has 3 rings (SSSR count). The number of rotatable bonds is 6. The molecule has 0 aliphatic heterocycles. The molecule has 1 atom stereocenters. The van der Waals surface area contributed by atoms with Gasteiger partial charge in [-0.1, -0.05) is 6.92 Å². The summed E-state index contributed by atoms with van der Waals surface area (Å²) in [6.45, 7) is 6.33. The Labute approximate surface area is 118 Å². The highest BCUT2D eigenvalue weighted by atomic mass is 32.1. The molecule has 5 heteroatoms. The molecular formula is C14H22N4S. The van der Waals surface area contributed by atoms with Gasteiger partial charge in [-0.05, 0) is 32.2 Å². The van der Waals surface area contributed by atoms with Gasteiger partial charge in [0.15, 0.2) is 10.8 Å². The molecule has 1 aliphatic carbocycles. The van der Waals surface area contributed by atoms with E-state index in [1.165, 1.54) is 18.5 Å². The van der Waals surface area contributed by atoms with E-state index in [-0.39, 0.29) is 0 Å². The molecule has 0 saturated heterocycles. The molecule has 0 radical (unpaired) electrons. The van der Waals surface area contributed by atoms with Gasteiger partial charge in [-0.2, -0.15) is 0 Å². The number of fused-ring (bicyclic) bond motifs is 1. The molecule has 1 unspecified atom stereocenters. The van der Waals surface area contributed by atoms with Gasteiger partial charge >= 0.3 is 0 Å². The lowest BCUT2D eigenvalue weighted by Gasteiger charge is -2.26. The first-order valence-corrected chi connectivity index (χ1v) is 7.98. The van der Waals surface area contributed by atoms with Gasteiger partial charge < -0.3 is 10.2 Å². The summed E-state index contributed by atoms with van der Waals surface area (Å²) >= 11 is 1.71. The third-order valence-electron chi connectivity index (χ3n) is 4.13. The van der Waals surface area contributed by atoms with Crippen LogP contribution in [0.5, 0.6) is 0 Å². The van der Waals surface area contributed by atoms with E-state index in [1.807, 2.05) is 0 Å². The molecule has 0 spiro atoms. The summed E-state index contributed by atoms with van der Waals surface area (Å²) in [5, 5.41) is 5.53. The van der Waals surface area contributed by atoms with Crippen molar-refractivity contribution < 1.29 is 0 Å². The highest BCUT2D eigenvalue weighted by Gasteiger charge is 2.32. The summed E-state index contributed by atoms with van der Waals surface area (Å²) in [4.78, 5) is 8.28. The second-order valence-electron chi connectivity index (χ2n) is 5.41. The van der Waals surface area contributed by atoms with Crippen LogP contribution in [-0.2, 0) is 6.54 Å². The molecular weight excluding hydrogens is 256 g/mol. The highest BCUT2D eigenvalue weighted by Crippen LogP contribution is 2.37. The van der Waals surface area contributed by atoms with Crippen LogP contribution in [0, 0.1) is 5.92 Å². The SMILES string of the molecule is CCNCc1c(N(C)C(C)C2CC2)nc2sccn12. The molecule has 2 aromatic heterocycles. The van der Waals surface area contributed by atoms with E-state index in [9.17, 15) is 0 Å². The molecule has 2 heterocycles. The van der Waals surface area contributed by atoms with E-state index < -0.39 is 0 Å². The highest BCUT2D eigenvalue weighted by molar-refractivity contribution is 7.15. The molecule has 0 amide bonds. The van der Waals surface area contributed by atoms with E-state index in [0.717, 1.165) is 29.8 Å². The quantitative estimate of drug-likeness (QED) is 0.882. The molecule has 19 heavy (non-hydrogen) atoms. The average Bonchev–Trinajstić information content (AvgIpc) is 3.06. The lowest BCUT2D eigenvalue weighted by atomic mass is 10.2. The van der Waals surface area contributed by atoms with E-state index in [2.05, 4.69) is 47.1 Å². The van der Waals surface area contributed by atoms with Crippen molar-refractivity contribution in [3.63, 3.8) is 0 Å². The molecule has 1 fully saturated rings. The van der Waals surface area contributed by atoms with Crippen LogP contribution in [0.3, 0.4) is 0 Å². The van der Waals surface area contributed by atoms with Gasteiger partial charge in [0.05, 0.1) is 5.69 Å². The van der Waals surface area contributed by atoms with Crippen LogP contribution in [0.4, 0.5) is 5.82 Å². The van der Waals surface area contributed by atoms with Crippen molar-refractivity contribution in [1.82, 2.24) is 14.7 Å². The van der Waals surface area contributed by atoms with Crippen molar-refractivity contribution in [2.75, 3.05) is 18.5 Å². The third-order valence-corrected chi connectivity index (χ3v) is 4.89. The van der Waals surface area contributed by atoms with Crippen LogP contribution in [0.15, 0.2) is 11.6 Å². The summed E-state index contributed by atoms with van der Waals surface area (Å²) in [5.41, 5.74) is 1.29. The summed E-state index contributed by atoms with van der Waals surface area (Å²) < 4.78 is 2.22. The van der Waals surface area contributed by atoms with Crippen molar-refractivity contribution in [3.8, 4) is 0 Å². The predicted molar refractivity (Wildman–Crippen MR) is 81.0 cm³/mol. The Hall–Kier alpha value is -1.07. The zero-order valence-electron chi connectivity index (χ0n) is 11.9. The van der Waals surface area contributed by atoms with Crippen molar-refractivity contribution >= 4 is 22.1 Å². The molecule has 104 valence electrons. The Morgan fingerprint density at radius 2 is 2.37 bits per heavy atom. The molecule has 4 nitrogen and oxygen atoms in total. The topological polar surface area (TPSA) is 32.6 Å². The van der Waals surface area contributed by atoms with Crippen LogP contribution in [-0.4, -0.2) is 29.0 Å². The number of nitrogens with one attached hydrogen (secondary N) is 1. The second kappa shape index (κ2) is 5.13. The van der Waals surface area contributed by atoms with E-state index in [1.54, 1.807) is 11.3 Å². The predicted octanol–water partition coefficient (Wildman–Crippen LogP) is 2.74. The normalized spacial score (nSPS) is 17.0. The zero-order valence-corrected chi connectivity index (χ0v) is 12.7. The summed E-state index contributed by atoms with van der Waals surface area (Å²) in [7, 11) is 2.19. The van der Waals surface area contributed by atoms with Crippen molar-refractivity contribution in [1.29, 1.82) is 0 Å². The largest absolute Gasteiger partial charge is 0.355 e. The minimum atomic E-state index is 0.588. The Balaban J connectivity index is 1.93. The van der Waals surface area contributed by atoms with Gasteiger partial charge in [-0.3, -0.25) is 4.40 Å². The summed E-state index contributed by atoms with van der Waals surface area (Å²) in [5.74, 6) is 2.00. The van der Waals surface area contributed by atoms with Gasteiger partial charge in [0.2, 0.25) is 0 Å². The monoisotopic (exact) mass is 278 g/mol. The fourth-order valence-corrected chi connectivity index (χ4v) is 3.33. The fraction of sp³-hybridized carbons (Fsp3) is 0.643. The smallest absolute Gasteiger partial charge is 0.195 e. The molecule has 1 saturated carbocycles. The third kappa shape index (κ3) is 2.37. The zero-order chi connectivity index (χ0) is 13.4. The van der Waals surface area contributed by atoms with Crippen LogP contribution < -0.4 is 10.2 Å². The first-order valence-electron chi connectivity index (χ1n) is 7.10. The molecule has 1 aliphatic rings. The second-order valence-corrected chi connectivity index (χ2v) is 6.28. The van der Waals surface area contributed by atoms with Crippen LogP contribution in [0.25, 0.3) is 4.96 Å².